The molecule has 0 aliphatic heterocycles. The summed E-state index contributed by atoms with van der Waals surface area (Å²) in [5.74, 6) is 0. The number of ether oxygens (including phenoxy) is 1. The van der Waals surface area contributed by atoms with Crippen molar-refractivity contribution in [3.05, 3.63) is 28.3 Å². The third-order valence-corrected chi connectivity index (χ3v) is 2.64. The van der Waals surface area contributed by atoms with E-state index in [0.29, 0.717) is 18.0 Å². The Hall–Kier alpha value is -1.82. The predicted molar refractivity (Wildman–Crippen MR) is 72.2 cm³/mol. The molecule has 0 saturated carbocycles. The van der Waals surface area contributed by atoms with Crippen molar-refractivity contribution in [1.29, 1.82) is 0 Å². The fraction of sp³-hybridized carbons (Fsp3) is 0.500. The molecule has 0 saturated heterocycles. The number of hydrogen-bond acceptors (Lipinski definition) is 5. The van der Waals surface area contributed by atoms with Gasteiger partial charge in [0.2, 0.25) is 0 Å². The largest absolute Gasteiger partial charge is 0.385 e. The number of anilines is 2. The van der Waals surface area contributed by atoms with Gasteiger partial charge in [-0.3, -0.25) is 10.1 Å². The van der Waals surface area contributed by atoms with E-state index in [1.807, 2.05) is 6.92 Å². The van der Waals surface area contributed by atoms with E-state index in [-0.39, 0.29) is 16.7 Å². The Morgan fingerprint density at radius 2 is 2.11 bits per heavy atom. The zero-order valence-corrected chi connectivity index (χ0v) is 10.9. The first-order valence-electron chi connectivity index (χ1n) is 5.80. The van der Waals surface area contributed by atoms with Crippen molar-refractivity contribution in [1.82, 2.24) is 0 Å². The number of nitrogens with one attached hydrogen (secondary N) is 2. The molecular weight excluding hydrogens is 234 g/mol. The average molecular weight is 253 g/mol. The smallest absolute Gasteiger partial charge is 0.315 e. The molecule has 1 atom stereocenters. The van der Waals surface area contributed by atoms with Gasteiger partial charge in [0.15, 0.2) is 0 Å². The van der Waals surface area contributed by atoms with Crippen LogP contribution in [0.5, 0.6) is 0 Å². The van der Waals surface area contributed by atoms with E-state index in [0.717, 1.165) is 6.42 Å². The number of nitrogens with zero attached hydrogens (tertiary/aromatic N) is 1. The molecule has 6 nitrogen and oxygen atoms in total. The number of rotatable bonds is 7. The number of nitro groups is 1. The molecule has 1 rings (SSSR count). The lowest BCUT2D eigenvalue weighted by molar-refractivity contribution is -0.383. The third kappa shape index (κ3) is 3.59. The van der Waals surface area contributed by atoms with Gasteiger partial charge in [0.25, 0.3) is 0 Å². The monoisotopic (exact) mass is 253 g/mol. The minimum Gasteiger partial charge on any atom is -0.385 e. The second-order valence-corrected chi connectivity index (χ2v) is 4.04. The van der Waals surface area contributed by atoms with E-state index in [1.165, 1.54) is 0 Å². The van der Waals surface area contributed by atoms with Crippen LogP contribution < -0.4 is 10.6 Å². The summed E-state index contributed by atoms with van der Waals surface area (Å²) in [6.45, 7) is 2.59. The van der Waals surface area contributed by atoms with Crippen LogP contribution in [-0.2, 0) is 4.74 Å². The first-order chi connectivity index (χ1) is 8.60. The summed E-state index contributed by atoms with van der Waals surface area (Å²) in [6.07, 6.45) is 0.789. The van der Waals surface area contributed by atoms with Crippen LogP contribution >= 0.6 is 0 Å². The number of para-hydroxylation sites is 1. The van der Waals surface area contributed by atoms with Crippen molar-refractivity contribution in [2.45, 2.75) is 19.4 Å². The second kappa shape index (κ2) is 6.80. The molecule has 0 radical (unpaired) electrons. The molecule has 18 heavy (non-hydrogen) atoms. The van der Waals surface area contributed by atoms with Crippen LogP contribution in [0.15, 0.2) is 18.2 Å². The van der Waals surface area contributed by atoms with Gasteiger partial charge >= 0.3 is 5.69 Å². The zero-order valence-electron chi connectivity index (χ0n) is 10.9. The van der Waals surface area contributed by atoms with Crippen molar-refractivity contribution in [3.8, 4) is 0 Å². The predicted octanol–water partition coefficient (Wildman–Crippen LogP) is 2.47. The molecule has 100 valence electrons. The molecule has 0 aliphatic carbocycles. The zero-order chi connectivity index (χ0) is 13.5. The fourth-order valence-corrected chi connectivity index (χ4v) is 1.69. The lowest BCUT2D eigenvalue weighted by Crippen LogP contribution is -2.18. The molecule has 1 unspecified atom stereocenters. The van der Waals surface area contributed by atoms with Crippen LogP contribution in [0.25, 0.3) is 0 Å². The minimum absolute atomic E-state index is 0.0734. The van der Waals surface area contributed by atoms with E-state index < -0.39 is 0 Å². The van der Waals surface area contributed by atoms with Crippen molar-refractivity contribution in [2.24, 2.45) is 0 Å². The van der Waals surface area contributed by atoms with Crippen molar-refractivity contribution in [2.75, 3.05) is 31.4 Å². The summed E-state index contributed by atoms with van der Waals surface area (Å²) in [7, 11) is 3.30. The van der Waals surface area contributed by atoms with Gasteiger partial charge in [0, 0.05) is 26.8 Å². The van der Waals surface area contributed by atoms with Gasteiger partial charge in [-0.2, -0.15) is 0 Å². The molecule has 0 amide bonds. The summed E-state index contributed by atoms with van der Waals surface area (Å²) >= 11 is 0. The lowest BCUT2D eigenvalue weighted by Gasteiger charge is -2.15. The van der Waals surface area contributed by atoms with Crippen molar-refractivity contribution >= 4 is 17.1 Å². The highest BCUT2D eigenvalue weighted by atomic mass is 16.6. The Kier molecular flexibility index (Phi) is 5.38. The molecule has 1 aromatic rings. The summed E-state index contributed by atoms with van der Waals surface area (Å²) < 4.78 is 4.99. The van der Waals surface area contributed by atoms with Gasteiger partial charge in [-0.15, -0.1) is 0 Å². The molecule has 1 aromatic carbocycles. The van der Waals surface area contributed by atoms with Crippen LogP contribution in [0.2, 0.25) is 0 Å². The summed E-state index contributed by atoms with van der Waals surface area (Å²) in [5, 5.41) is 17.1. The van der Waals surface area contributed by atoms with E-state index in [4.69, 9.17) is 4.74 Å². The molecule has 0 aromatic heterocycles. The molecule has 0 spiro atoms. The van der Waals surface area contributed by atoms with Crippen molar-refractivity contribution in [3.63, 3.8) is 0 Å². The van der Waals surface area contributed by atoms with Gasteiger partial charge in [0.05, 0.1) is 4.92 Å². The average Bonchev–Trinajstić information content (AvgIpc) is 2.35. The number of hydrogen-bond donors (Lipinski definition) is 2. The number of nitro benzene ring substituents is 1. The Bertz CT molecular complexity index is 410. The summed E-state index contributed by atoms with van der Waals surface area (Å²) in [5.41, 5.74) is 1.10. The molecular formula is C12H19N3O3. The summed E-state index contributed by atoms with van der Waals surface area (Å²) in [6, 6.07) is 5.28. The van der Waals surface area contributed by atoms with Crippen LogP contribution in [0, 0.1) is 10.1 Å². The first kappa shape index (κ1) is 14.2. The van der Waals surface area contributed by atoms with Crippen LogP contribution in [0.3, 0.4) is 0 Å². The maximum absolute atomic E-state index is 11.1. The minimum atomic E-state index is -0.378. The van der Waals surface area contributed by atoms with Crippen LogP contribution in [0.1, 0.15) is 13.3 Å². The highest BCUT2D eigenvalue weighted by Gasteiger charge is 2.19. The van der Waals surface area contributed by atoms with Gasteiger partial charge in [-0.25, -0.2) is 0 Å². The number of benzene rings is 1. The fourth-order valence-electron chi connectivity index (χ4n) is 1.69. The van der Waals surface area contributed by atoms with E-state index in [1.54, 1.807) is 32.4 Å². The Morgan fingerprint density at radius 1 is 1.44 bits per heavy atom. The molecule has 0 fully saturated rings. The van der Waals surface area contributed by atoms with E-state index in [2.05, 4.69) is 10.6 Å². The lowest BCUT2D eigenvalue weighted by atomic mass is 10.2. The molecule has 2 N–H and O–H groups in total. The first-order valence-corrected chi connectivity index (χ1v) is 5.80. The van der Waals surface area contributed by atoms with Gasteiger partial charge < -0.3 is 15.4 Å². The highest BCUT2D eigenvalue weighted by Crippen LogP contribution is 2.32. The normalized spacial score (nSPS) is 11.9. The SMILES string of the molecule is CNc1cccc(NC(C)CCOC)c1[N+](=O)[O-]. The van der Waals surface area contributed by atoms with Crippen molar-refractivity contribution < 1.29 is 9.66 Å². The Balaban J connectivity index is 2.90. The topological polar surface area (TPSA) is 76.4 Å². The van der Waals surface area contributed by atoms with Gasteiger partial charge in [0.1, 0.15) is 11.4 Å². The summed E-state index contributed by atoms with van der Waals surface area (Å²) in [4.78, 5) is 10.7. The quantitative estimate of drug-likeness (QED) is 0.576. The molecule has 6 heteroatoms. The molecule has 0 aliphatic rings. The number of methoxy groups -OCH3 is 1. The highest BCUT2D eigenvalue weighted by molar-refractivity contribution is 5.76. The Morgan fingerprint density at radius 3 is 2.67 bits per heavy atom. The molecule has 0 bridgehead atoms. The Labute approximate surface area is 106 Å². The third-order valence-electron chi connectivity index (χ3n) is 2.64. The second-order valence-electron chi connectivity index (χ2n) is 4.04. The molecule has 0 heterocycles. The standard InChI is InChI=1S/C12H19N3O3/c1-9(7-8-18-3)14-11-6-4-5-10(13-2)12(11)15(16)17/h4-6,9,13-14H,7-8H2,1-3H3. The van der Waals surface area contributed by atoms with E-state index in [9.17, 15) is 10.1 Å². The maximum Gasteiger partial charge on any atom is 0.315 e. The van der Waals surface area contributed by atoms with Crippen LogP contribution in [0.4, 0.5) is 17.1 Å². The van der Waals surface area contributed by atoms with Gasteiger partial charge in [-0.1, -0.05) is 6.07 Å². The van der Waals surface area contributed by atoms with E-state index >= 15 is 0 Å². The van der Waals surface area contributed by atoms with Gasteiger partial charge in [-0.05, 0) is 25.5 Å². The maximum atomic E-state index is 11.1. The van der Waals surface area contributed by atoms with Crippen LogP contribution in [-0.4, -0.2) is 31.7 Å².